The van der Waals surface area contributed by atoms with Crippen molar-refractivity contribution < 1.29 is 9.18 Å². The van der Waals surface area contributed by atoms with Crippen molar-refractivity contribution in [3.63, 3.8) is 0 Å². The van der Waals surface area contributed by atoms with Gasteiger partial charge < -0.3 is 5.32 Å². The molecule has 2 aromatic carbocycles. The number of aromatic nitrogens is 2. The minimum Gasteiger partial charge on any atom is -0.322 e. The number of amides is 1. The van der Waals surface area contributed by atoms with E-state index in [-0.39, 0.29) is 11.7 Å². The Morgan fingerprint density at radius 2 is 1.78 bits per heavy atom. The van der Waals surface area contributed by atoms with E-state index in [1.807, 2.05) is 31.2 Å². The fraction of sp³-hybridized carbons (Fsp3) is 0.0588. The fourth-order valence-corrected chi connectivity index (χ4v) is 2.47. The molecule has 0 fully saturated rings. The van der Waals surface area contributed by atoms with Gasteiger partial charge in [-0.1, -0.05) is 15.9 Å². The summed E-state index contributed by atoms with van der Waals surface area (Å²) in [5, 5.41) is 7.01. The lowest BCUT2D eigenvalue weighted by atomic mass is 10.2. The van der Waals surface area contributed by atoms with Gasteiger partial charge in [-0.2, -0.15) is 5.10 Å². The highest BCUT2D eigenvalue weighted by atomic mass is 79.9. The Bertz CT molecular complexity index is 841. The van der Waals surface area contributed by atoms with Crippen LogP contribution < -0.4 is 5.32 Å². The van der Waals surface area contributed by atoms with Crippen molar-refractivity contribution in [2.75, 3.05) is 5.32 Å². The zero-order chi connectivity index (χ0) is 16.4. The summed E-state index contributed by atoms with van der Waals surface area (Å²) in [6, 6.07) is 13.3. The van der Waals surface area contributed by atoms with Gasteiger partial charge in [0.1, 0.15) is 5.82 Å². The number of benzene rings is 2. The van der Waals surface area contributed by atoms with Gasteiger partial charge in [0.2, 0.25) is 0 Å². The van der Waals surface area contributed by atoms with Crippen molar-refractivity contribution in [2.24, 2.45) is 0 Å². The number of nitrogens with one attached hydrogen (secondary N) is 1. The molecule has 3 rings (SSSR count). The number of rotatable bonds is 3. The highest BCUT2D eigenvalue weighted by molar-refractivity contribution is 9.10. The van der Waals surface area contributed by atoms with Crippen LogP contribution in [-0.2, 0) is 0 Å². The van der Waals surface area contributed by atoms with Gasteiger partial charge in [-0.15, -0.1) is 0 Å². The second-order valence-electron chi connectivity index (χ2n) is 4.99. The average Bonchev–Trinajstić information content (AvgIpc) is 2.92. The van der Waals surface area contributed by atoms with Crippen molar-refractivity contribution in [2.45, 2.75) is 6.92 Å². The number of anilines is 1. The molecule has 0 bridgehead atoms. The third-order valence-electron chi connectivity index (χ3n) is 3.43. The van der Waals surface area contributed by atoms with Crippen LogP contribution in [0.5, 0.6) is 0 Å². The quantitative estimate of drug-likeness (QED) is 0.742. The molecule has 0 aliphatic heterocycles. The molecule has 0 aliphatic carbocycles. The normalized spacial score (nSPS) is 10.6. The Labute approximate surface area is 141 Å². The summed E-state index contributed by atoms with van der Waals surface area (Å²) in [7, 11) is 0. The summed E-state index contributed by atoms with van der Waals surface area (Å²) >= 11 is 3.39. The van der Waals surface area contributed by atoms with Crippen LogP contribution in [0.3, 0.4) is 0 Å². The first-order valence-corrected chi connectivity index (χ1v) is 7.71. The zero-order valence-corrected chi connectivity index (χ0v) is 13.8. The molecule has 3 aromatic rings. The summed E-state index contributed by atoms with van der Waals surface area (Å²) < 4.78 is 15.6. The molecule has 6 heteroatoms. The summed E-state index contributed by atoms with van der Waals surface area (Å²) in [4.78, 5) is 12.4. The SMILES string of the molecule is Cc1c(C(=O)Nc2ccc(F)cc2)cnn1-c1ccc(Br)cc1. The lowest BCUT2D eigenvalue weighted by Gasteiger charge is -2.07. The molecule has 0 spiro atoms. The maximum absolute atomic E-state index is 12.9. The molecule has 1 heterocycles. The summed E-state index contributed by atoms with van der Waals surface area (Å²) in [6.45, 7) is 1.83. The van der Waals surface area contributed by atoms with Gasteiger partial charge in [0.15, 0.2) is 0 Å². The zero-order valence-electron chi connectivity index (χ0n) is 12.3. The molecule has 0 radical (unpaired) electrons. The topological polar surface area (TPSA) is 46.9 Å². The van der Waals surface area contributed by atoms with Gasteiger partial charge in [0.05, 0.1) is 23.1 Å². The van der Waals surface area contributed by atoms with Gasteiger partial charge in [-0.05, 0) is 55.5 Å². The van der Waals surface area contributed by atoms with Crippen LogP contribution >= 0.6 is 15.9 Å². The van der Waals surface area contributed by atoms with Gasteiger partial charge in [0.25, 0.3) is 5.91 Å². The predicted molar refractivity (Wildman–Crippen MR) is 90.4 cm³/mol. The Hall–Kier alpha value is -2.47. The lowest BCUT2D eigenvalue weighted by molar-refractivity contribution is 0.102. The number of hydrogen-bond acceptors (Lipinski definition) is 2. The Balaban J connectivity index is 1.85. The lowest BCUT2D eigenvalue weighted by Crippen LogP contribution is -2.13. The second-order valence-corrected chi connectivity index (χ2v) is 5.91. The number of carbonyl (C=O) groups excluding carboxylic acids is 1. The molecular formula is C17H13BrFN3O. The number of hydrogen-bond donors (Lipinski definition) is 1. The molecule has 0 atom stereocenters. The van der Waals surface area contributed by atoms with E-state index in [0.29, 0.717) is 11.3 Å². The number of nitrogens with zero attached hydrogens (tertiary/aromatic N) is 2. The van der Waals surface area contributed by atoms with Crippen LogP contribution in [-0.4, -0.2) is 15.7 Å². The van der Waals surface area contributed by atoms with Crippen molar-refractivity contribution in [3.8, 4) is 5.69 Å². The minimum atomic E-state index is -0.345. The Morgan fingerprint density at radius 3 is 2.43 bits per heavy atom. The minimum absolute atomic E-state index is 0.280. The maximum Gasteiger partial charge on any atom is 0.259 e. The van der Waals surface area contributed by atoms with Crippen molar-refractivity contribution in [1.29, 1.82) is 0 Å². The van der Waals surface area contributed by atoms with Crippen LogP contribution in [0.1, 0.15) is 16.1 Å². The van der Waals surface area contributed by atoms with Crippen molar-refractivity contribution in [3.05, 3.63) is 76.3 Å². The summed E-state index contributed by atoms with van der Waals surface area (Å²) in [5.74, 6) is -0.625. The van der Waals surface area contributed by atoms with Crippen LogP contribution in [0, 0.1) is 12.7 Å². The molecular weight excluding hydrogens is 361 g/mol. The standard InChI is InChI=1S/C17H13BrFN3O/c1-11-16(17(23)21-14-6-4-13(19)5-7-14)10-20-22(11)15-8-2-12(18)3-9-15/h2-10H,1H3,(H,21,23). The number of halogens is 2. The van der Waals surface area contributed by atoms with Crippen molar-refractivity contribution in [1.82, 2.24) is 9.78 Å². The van der Waals surface area contributed by atoms with Crippen LogP contribution in [0.15, 0.2) is 59.2 Å². The van der Waals surface area contributed by atoms with E-state index in [1.165, 1.54) is 30.5 Å². The van der Waals surface area contributed by atoms with E-state index in [4.69, 9.17) is 0 Å². The average molecular weight is 374 g/mol. The summed E-state index contributed by atoms with van der Waals surface area (Å²) in [6.07, 6.45) is 1.52. The molecule has 116 valence electrons. The van der Waals surface area contributed by atoms with E-state index in [0.717, 1.165) is 15.9 Å². The molecule has 1 amide bonds. The predicted octanol–water partition coefficient (Wildman–Crippen LogP) is 4.33. The fourth-order valence-electron chi connectivity index (χ4n) is 2.21. The molecule has 4 nitrogen and oxygen atoms in total. The molecule has 0 saturated heterocycles. The molecule has 23 heavy (non-hydrogen) atoms. The monoisotopic (exact) mass is 373 g/mol. The Kier molecular flexibility index (Phi) is 4.25. The van der Waals surface area contributed by atoms with E-state index in [1.54, 1.807) is 4.68 Å². The van der Waals surface area contributed by atoms with Crippen LogP contribution in [0.25, 0.3) is 5.69 Å². The van der Waals surface area contributed by atoms with Gasteiger partial charge in [-0.3, -0.25) is 4.79 Å². The first kappa shape index (κ1) is 15.4. The first-order chi connectivity index (χ1) is 11.0. The first-order valence-electron chi connectivity index (χ1n) is 6.92. The highest BCUT2D eigenvalue weighted by Gasteiger charge is 2.15. The third kappa shape index (κ3) is 3.32. The Morgan fingerprint density at radius 1 is 1.13 bits per heavy atom. The second kappa shape index (κ2) is 6.34. The third-order valence-corrected chi connectivity index (χ3v) is 3.96. The van der Waals surface area contributed by atoms with E-state index < -0.39 is 0 Å². The summed E-state index contributed by atoms with van der Waals surface area (Å²) in [5.41, 5.74) is 2.60. The van der Waals surface area contributed by atoms with Crippen molar-refractivity contribution >= 4 is 27.5 Å². The smallest absolute Gasteiger partial charge is 0.259 e. The number of carbonyl (C=O) groups is 1. The molecule has 0 unspecified atom stereocenters. The van der Waals surface area contributed by atoms with E-state index >= 15 is 0 Å². The molecule has 1 N–H and O–H groups in total. The van der Waals surface area contributed by atoms with E-state index in [9.17, 15) is 9.18 Å². The van der Waals surface area contributed by atoms with Gasteiger partial charge in [0, 0.05) is 10.2 Å². The van der Waals surface area contributed by atoms with Gasteiger partial charge in [-0.25, -0.2) is 9.07 Å². The van der Waals surface area contributed by atoms with Crippen LogP contribution in [0.2, 0.25) is 0 Å². The van der Waals surface area contributed by atoms with Crippen LogP contribution in [0.4, 0.5) is 10.1 Å². The van der Waals surface area contributed by atoms with Gasteiger partial charge >= 0.3 is 0 Å². The highest BCUT2D eigenvalue weighted by Crippen LogP contribution is 2.18. The maximum atomic E-state index is 12.9. The molecule has 0 saturated carbocycles. The van der Waals surface area contributed by atoms with E-state index in [2.05, 4.69) is 26.3 Å². The molecule has 1 aromatic heterocycles. The molecule has 0 aliphatic rings. The largest absolute Gasteiger partial charge is 0.322 e.